The van der Waals surface area contributed by atoms with Crippen molar-refractivity contribution in [2.45, 2.75) is 20.3 Å². The van der Waals surface area contributed by atoms with Gasteiger partial charge in [-0.25, -0.2) is 0 Å². The standard InChI is InChI=1S/C16H15ClO/c1-11-3-4-12(2)14(9-11)10-16(18)13-5-7-15(17)8-6-13/h3-9H,10H2,1-2H3. The Kier molecular flexibility index (Phi) is 3.83. The molecule has 0 N–H and O–H groups in total. The number of carbonyl (C=O) groups is 1. The number of hydrogen-bond acceptors (Lipinski definition) is 1. The Bertz CT molecular complexity index is 570. The molecule has 2 rings (SSSR count). The van der Waals surface area contributed by atoms with Crippen molar-refractivity contribution in [1.82, 2.24) is 0 Å². The maximum absolute atomic E-state index is 12.1. The molecule has 2 heteroatoms. The quantitative estimate of drug-likeness (QED) is 0.747. The van der Waals surface area contributed by atoms with Crippen molar-refractivity contribution in [3.63, 3.8) is 0 Å². The van der Waals surface area contributed by atoms with Gasteiger partial charge >= 0.3 is 0 Å². The van der Waals surface area contributed by atoms with E-state index in [4.69, 9.17) is 11.6 Å². The lowest BCUT2D eigenvalue weighted by molar-refractivity contribution is 0.0993. The first-order valence-electron chi connectivity index (χ1n) is 5.91. The summed E-state index contributed by atoms with van der Waals surface area (Å²) in [7, 11) is 0. The second-order valence-electron chi connectivity index (χ2n) is 4.54. The van der Waals surface area contributed by atoms with Gasteiger partial charge in [0, 0.05) is 17.0 Å². The molecule has 0 radical (unpaired) electrons. The molecule has 0 atom stereocenters. The smallest absolute Gasteiger partial charge is 0.167 e. The number of rotatable bonds is 3. The fourth-order valence-electron chi connectivity index (χ4n) is 1.90. The van der Waals surface area contributed by atoms with Crippen molar-refractivity contribution in [3.8, 4) is 0 Å². The van der Waals surface area contributed by atoms with Crippen LogP contribution in [0.1, 0.15) is 27.0 Å². The number of benzene rings is 2. The lowest BCUT2D eigenvalue weighted by Crippen LogP contribution is -2.05. The summed E-state index contributed by atoms with van der Waals surface area (Å²) in [5.74, 6) is 0.125. The average Bonchev–Trinajstić information content (AvgIpc) is 2.34. The molecule has 0 saturated heterocycles. The van der Waals surface area contributed by atoms with Crippen molar-refractivity contribution in [2.75, 3.05) is 0 Å². The fourth-order valence-corrected chi connectivity index (χ4v) is 2.03. The predicted octanol–water partition coefficient (Wildman–Crippen LogP) is 4.38. The van der Waals surface area contributed by atoms with Crippen LogP contribution in [0.2, 0.25) is 5.02 Å². The fraction of sp³-hybridized carbons (Fsp3) is 0.188. The van der Waals surface area contributed by atoms with Crippen molar-refractivity contribution in [1.29, 1.82) is 0 Å². The molecule has 0 unspecified atom stereocenters. The number of aryl methyl sites for hydroxylation is 2. The molecule has 0 amide bonds. The summed E-state index contributed by atoms with van der Waals surface area (Å²) in [6, 6.07) is 13.2. The summed E-state index contributed by atoms with van der Waals surface area (Å²) in [4.78, 5) is 12.1. The summed E-state index contributed by atoms with van der Waals surface area (Å²) in [5.41, 5.74) is 4.14. The monoisotopic (exact) mass is 258 g/mol. The second kappa shape index (κ2) is 5.36. The summed E-state index contributed by atoms with van der Waals surface area (Å²) < 4.78 is 0. The first kappa shape index (κ1) is 12.8. The van der Waals surface area contributed by atoms with Gasteiger partial charge in [-0.3, -0.25) is 4.79 Å². The highest BCUT2D eigenvalue weighted by atomic mass is 35.5. The SMILES string of the molecule is Cc1ccc(C)c(CC(=O)c2ccc(Cl)cc2)c1. The molecule has 0 aliphatic heterocycles. The molecule has 0 aliphatic rings. The van der Waals surface area contributed by atoms with Gasteiger partial charge < -0.3 is 0 Å². The van der Waals surface area contributed by atoms with Gasteiger partial charge in [0.1, 0.15) is 0 Å². The van der Waals surface area contributed by atoms with Crippen LogP contribution in [0, 0.1) is 13.8 Å². The number of halogens is 1. The Morgan fingerprint density at radius 1 is 1.06 bits per heavy atom. The van der Waals surface area contributed by atoms with E-state index in [2.05, 4.69) is 18.2 Å². The minimum absolute atomic E-state index is 0.125. The lowest BCUT2D eigenvalue weighted by atomic mass is 9.98. The molecule has 0 spiro atoms. The molecule has 92 valence electrons. The van der Waals surface area contributed by atoms with E-state index >= 15 is 0 Å². The number of hydrogen-bond donors (Lipinski definition) is 0. The largest absolute Gasteiger partial charge is 0.294 e. The Balaban J connectivity index is 2.21. The highest BCUT2D eigenvalue weighted by Crippen LogP contribution is 2.15. The van der Waals surface area contributed by atoms with Crippen molar-refractivity contribution in [3.05, 3.63) is 69.7 Å². The van der Waals surface area contributed by atoms with Crippen LogP contribution in [0.4, 0.5) is 0 Å². The first-order chi connectivity index (χ1) is 8.56. The molecule has 0 fully saturated rings. The molecule has 2 aromatic rings. The Morgan fingerprint density at radius 2 is 1.72 bits per heavy atom. The summed E-state index contributed by atoms with van der Waals surface area (Å²) >= 11 is 5.81. The number of ketones is 1. The van der Waals surface area contributed by atoms with Crippen molar-refractivity contribution in [2.24, 2.45) is 0 Å². The van der Waals surface area contributed by atoms with Crippen LogP contribution in [0.25, 0.3) is 0 Å². The van der Waals surface area contributed by atoms with E-state index in [1.54, 1.807) is 24.3 Å². The van der Waals surface area contributed by atoms with Gasteiger partial charge in [0.25, 0.3) is 0 Å². The average molecular weight is 259 g/mol. The zero-order valence-corrected chi connectivity index (χ0v) is 11.3. The highest BCUT2D eigenvalue weighted by molar-refractivity contribution is 6.30. The van der Waals surface area contributed by atoms with E-state index in [1.807, 2.05) is 13.8 Å². The minimum Gasteiger partial charge on any atom is -0.294 e. The first-order valence-corrected chi connectivity index (χ1v) is 6.29. The van der Waals surface area contributed by atoms with Gasteiger partial charge in [-0.15, -0.1) is 0 Å². The van der Waals surface area contributed by atoms with Gasteiger partial charge in [0.15, 0.2) is 5.78 Å². The van der Waals surface area contributed by atoms with Gasteiger partial charge in [-0.1, -0.05) is 35.4 Å². The Morgan fingerprint density at radius 3 is 2.39 bits per heavy atom. The van der Waals surface area contributed by atoms with E-state index in [-0.39, 0.29) is 5.78 Å². The van der Waals surface area contributed by atoms with Gasteiger partial charge in [-0.2, -0.15) is 0 Å². The molecular formula is C16H15ClO. The zero-order chi connectivity index (χ0) is 13.1. The normalized spacial score (nSPS) is 10.4. The molecule has 0 heterocycles. The van der Waals surface area contributed by atoms with Crippen LogP contribution in [-0.2, 0) is 6.42 Å². The molecule has 0 aromatic heterocycles. The third-order valence-corrected chi connectivity index (χ3v) is 3.27. The van der Waals surface area contributed by atoms with Crippen molar-refractivity contribution < 1.29 is 4.79 Å². The topological polar surface area (TPSA) is 17.1 Å². The third kappa shape index (κ3) is 2.99. The van der Waals surface area contributed by atoms with Crippen LogP contribution in [0.5, 0.6) is 0 Å². The molecular weight excluding hydrogens is 244 g/mol. The van der Waals surface area contributed by atoms with E-state index < -0.39 is 0 Å². The third-order valence-electron chi connectivity index (χ3n) is 3.02. The second-order valence-corrected chi connectivity index (χ2v) is 4.97. The summed E-state index contributed by atoms with van der Waals surface area (Å²) in [6.45, 7) is 4.07. The van der Waals surface area contributed by atoms with Gasteiger partial charge in [0.05, 0.1) is 0 Å². The van der Waals surface area contributed by atoms with E-state index in [0.717, 1.165) is 11.1 Å². The summed E-state index contributed by atoms with van der Waals surface area (Å²) in [6.07, 6.45) is 0.440. The predicted molar refractivity (Wildman–Crippen MR) is 75.4 cm³/mol. The highest BCUT2D eigenvalue weighted by Gasteiger charge is 2.08. The van der Waals surface area contributed by atoms with Crippen molar-refractivity contribution >= 4 is 17.4 Å². The summed E-state index contributed by atoms with van der Waals surface area (Å²) in [5, 5.41) is 0.651. The van der Waals surface area contributed by atoms with Crippen LogP contribution in [-0.4, -0.2) is 5.78 Å². The van der Waals surface area contributed by atoms with Gasteiger partial charge in [0.2, 0.25) is 0 Å². The number of carbonyl (C=O) groups excluding carboxylic acids is 1. The number of Topliss-reactive ketones (excluding diaryl/α,β-unsaturated/α-hetero) is 1. The van der Waals surface area contributed by atoms with Gasteiger partial charge in [-0.05, 0) is 49.2 Å². The maximum atomic E-state index is 12.1. The minimum atomic E-state index is 0.125. The molecule has 0 bridgehead atoms. The Labute approximate surface area is 112 Å². The molecule has 2 aromatic carbocycles. The molecule has 18 heavy (non-hydrogen) atoms. The molecule has 0 aliphatic carbocycles. The van der Waals surface area contributed by atoms with E-state index in [0.29, 0.717) is 17.0 Å². The van der Waals surface area contributed by atoms with Crippen LogP contribution < -0.4 is 0 Å². The molecule has 0 saturated carbocycles. The maximum Gasteiger partial charge on any atom is 0.167 e. The zero-order valence-electron chi connectivity index (χ0n) is 10.5. The molecule has 1 nitrogen and oxygen atoms in total. The van der Waals surface area contributed by atoms with E-state index in [1.165, 1.54) is 5.56 Å². The lowest BCUT2D eigenvalue weighted by Gasteiger charge is -2.06. The Hall–Kier alpha value is -1.60. The van der Waals surface area contributed by atoms with Crippen LogP contribution in [0.3, 0.4) is 0 Å². The van der Waals surface area contributed by atoms with E-state index in [9.17, 15) is 4.79 Å². The van der Waals surface area contributed by atoms with Crippen LogP contribution >= 0.6 is 11.6 Å². The van der Waals surface area contributed by atoms with Crippen LogP contribution in [0.15, 0.2) is 42.5 Å².